The Morgan fingerprint density at radius 2 is 2.06 bits per heavy atom. The molecular weight excluding hydrogens is 204 g/mol. The van der Waals surface area contributed by atoms with Gasteiger partial charge in [0, 0.05) is 6.04 Å². The average Bonchev–Trinajstić information content (AvgIpc) is 2.62. The van der Waals surface area contributed by atoms with Gasteiger partial charge in [0.25, 0.3) is 0 Å². The number of amides is 1. The highest BCUT2D eigenvalue weighted by molar-refractivity contribution is 5.75. The molecule has 88 valence electrons. The number of nitrogens with zero attached hydrogens (tertiary/aromatic N) is 3. The maximum absolute atomic E-state index is 11.7. The van der Waals surface area contributed by atoms with Crippen LogP contribution in [-0.2, 0) is 11.3 Å². The first kappa shape index (κ1) is 11.1. The fourth-order valence-corrected chi connectivity index (χ4v) is 2.16. The highest BCUT2D eigenvalue weighted by Gasteiger charge is 2.14. The van der Waals surface area contributed by atoms with Crippen LogP contribution in [0, 0.1) is 0 Å². The van der Waals surface area contributed by atoms with E-state index in [1.165, 1.54) is 32.0 Å². The average molecular weight is 222 g/mol. The molecule has 0 unspecified atom stereocenters. The Labute approximate surface area is 95.2 Å². The van der Waals surface area contributed by atoms with Crippen molar-refractivity contribution >= 4 is 5.91 Å². The quantitative estimate of drug-likeness (QED) is 0.779. The number of carbonyl (C=O) groups is 1. The smallest absolute Gasteiger partial charge is 0.242 e. The molecule has 2 rings (SSSR count). The SMILES string of the molecule is O=C(Cn1cncn1)NC1CCCCCC1. The zero-order valence-electron chi connectivity index (χ0n) is 9.43. The van der Waals surface area contributed by atoms with E-state index in [2.05, 4.69) is 15.4 Å². The van der Waals surface area contributed by atoms with Crippen LogP contribution in [0.15, 0.2) is 12.7 Å². The molecule has 0 atom stereocenters. The van der Waals surface area contributed by atoms with Crippen LogP contribution in [0.2, 0.25) is 0 Å². The van der Waals surface area contributed by atoms with E-state index in [0.29, 0.717) is 6.04 Å². The summed E-state index contributed by atoms with van der Waals surface area (Å²) in [6, 6.07) is 0.360. The van der Waals surface area contributed by atoms with Gasteiger partial charge in [-0.2, -0.15) is 5.10 Å². The molecule has 0 spiro atoms. The molecule has 16 heavy (non-hydrogen) atoms. The molecule has 1 N–H and O–H groups in total. The molecule has 1 aliphatic rings. The van der Waals surface area contributed by atoms with Crippen molar-refractivity contribution in [3.8, 4) is 0 Å². The monoisotopic (exact) mass is 222 g/mol. The third-order valence-corrected chi connectivity index (χ3v) is 2.99. The minimum absolute atomic E-state index is 0.0393. The maximum Gasteiger partial charge on any atom is 0.242 e. The molecule has 5 heteroatoms. The van der Waals surface area contributed by atoms with Gasteiger partial charge in [-0.3, -0.25) is 4.79 Å². The number of aromatic nitrogens is 3. The van der Waals surface area contributed by atoms with Crippen LogP contribution in [0.1, 0.15) is 38.5 Å². The molecule has 0 aromatic carbocycles. The van der Waals surface area contributed by atoms with Gasteiger partial charge in [-0.25, -0.2) is 9.67 Å². The zero-order chi connectivity index (χ0) is 11.2. The van der Waals surface area contributed by atoms with Crippen molar-refractivity contribution in [3.05, 3.63) is 12.7 Å². The van der Waals surface area contributed by atoms with Crippen molar-refractivity contribution in [2.24, 2.45) is 0 Å². The lowest BCUT2D eigenvalue weighted by Crippen LogP contribution is -2.36. The fraction of sp³-hybridized carbons (Fsp3) is 0.727. The summed E-state index contributed by atoms with van der Waals surface area (Å²) in [4.78, 5) is 15.5. The van der Waals surface area contributed by atoms with E-state index in [0.717, 1.165) is 12.8 Å². The normalized spacial score (nSPS) is 18.0. The fourth-order valence-electron chi connectivity index (χ4n) is 2.16. The van der Waals surface area contributed by atoms with E-state index in [4.69, 9.17) is 0 Å². The van der Waals surface area contributed by atoms with Crippen molar-refractivity contribution in [1.29, 1.82) is 0 Å². The van der Waals surface area contributed by atoms with Crippen LogP contribution in [-0.4, -0.2) is 26.7 Å². The molecule has 0 radical (unpaired) electrons. The lowest BCUT2D eigenvalue weighted by molar-refractivity contribution is -0.122. The van der Waals surface area contributed by atoms with E-state index >= 15 is 0 Å². The van der Waals surface area contributed by atoms with E-state index in [1.807, 2.05) is 0 Å². The molecule has 1 heterocycles. The van der Waals surface area contributed by atoms with E-state index in [9.17, 15) is 4.79 Å². The number of carbonyl (C=O) groups excluding carboxylic acids is 1. The van der Waals surface area contributed by atoms with E-state index in [-0.39, 0.29) is 12.5 Å². The molecule has 0 bridgehead atoms. The van der Waals surface area contributed by atoms with Gasteiger partial charge < -0.3 is 5.32 Å². The summed E-state index contributed by atoms with van der Waals surface area (Å²) in [5.41, 5.74) is 0. The van der Waals surface area contributed by atoms with Gasteiger partial charge >= 0.3 is 0 Å². The molecule has 1 aromatic rings. The topological polar surface area (TPSA) is 59.8 Å². The van der Waals surface area contributed by atoms with Crippen LogP contribution in [0.5, 0.6) is 0 Å². The molecular formula is C11H18N4O. The second-order valence-corrected chi connectivity index (χ2v) is 4.35. The van der Waals surface area contributed by atoms with E-state index in [1.54, 1.807) is 11.0 Å². The Hall–Kier alpha value is -1.39. The Morgan fingerprint density at radius 3 is 2.69 bits per heavy atom. The third kappa shape index (κ3) is 3.32. The molecule has 5 nitrogen and oxygen atoms in total. The Morgan fingerprint density at radius 1 is 1.31 bits per heavy atom. The lowest BCUT2D eigenvalue weighted by Gasteiger charge is -2.15. The van der Waals surface area contributed by atoms with E-state index < -0.39 is 0 Å². The van der Waals surface area contributed by atoms with Crippen molar-refractivity contribution in [1.82, 2.24) is 20.1 Å². The van der Waals surface area contributed by atoms with Crippen molar-refractivity contribution in [2.45, 2.75) is 51.1 Å². The first-order valence-electron chi connectivity index (χ1n) is 5.96. The van der Waals surface area contributed by atoms with Gasteiger partial charge in [0.15, 0.2) is 0 Å². The largest absolute Gasteiger partial charge is 0.352 e. The zero-order valence-corrected chi connectivity index (χ0v) is 9.43. The van der Waals surface area contributed by atoms with Gasteiger partial charge in [0.1, 0.15) is 19.2 Å². The summed E-state index contributed by atoms with van der Waals surface area (Å²) in [5.74, 6) is 0.0393. The molecule has 1 aromatic heterocycles. The predicted octanol–water partition coefficient (Wildman–Crippen LogP) is 1.12. The molecule has 0 saturated heterocycles. The van der Waals surface area contributed by atoms with Gasteiger partial charge in [-0.05, 0) is 12.8 Å². The van der Waals surface area contributed by atoms with Gasteiger partial charge in [0.05, 0.1) is 0 Å². The van der Waals surface area contributed by atoms with Gasteiger partial charge in [0.2, 0.25) is 5.91 Å². The van der Waals surface area contributed by atoms with Crippen LogP contribution in [0.25, 0.3) is 0 Å². The molecule has 1 saturated carbocycles. The van der Waals surface area contributed by atoms with Crippen LogP contribution >= 0.6 is 0 Å². The maximum atomic E-state index is 11.7. The Balaban J connectivity index is 1.77. The summed E-state index contributed by atoms with van der Waals surface area (Å²) >= 11 is 0. The highest BCUT2D eigenvalue weighted by atomic mass is 16.2. The molecule has 1 aliphatic carbocycles. The summed E-state index contributed by atoms with van der Waals surface area (Å²) in [6.07, 6.45) is 10.3. The van der Waals surface area contributed by atoms with Crippen molar-refractivity contribution in [3.63, 3.8) is 0 Å². The molecule has 1 amide bonds. The minimum Gasteiger partial charge on any atom is -0.352 e. The number of hydrogen-bond acceptors (Lipinski definition) is 3. The summed E-state index contributed by atoms with van der Waals surface area (Å²) in [5, 5.41) is 6.98. The Kier molecular flexibility index (Phi) is 3.91. The Bertz CT molecular complexity index is 315. The second-order valence-electron chi connectivity index (χ2n) is 4.35. The van der Waals surface area contributed by atoms with Crippen LogP contribution in [0.3, 0.4) is 0 Å². The van der Waals surface area contributed by atoms with Crippen LogP contribution < -0.4 is 5.32 Å². The number of rotatable bonds is 3. The number of nitrogens with one attached hydrogen (secondary N) is 1. The standard InChI is InChI=1S/C11H18N4O/c16-11(7-15-9-12-8-13-15)14-10-5-3-1-2-4-6-10/h8-10H,1-7H2,(H,14,16). The number of hydrogen-bond donors (Lipinski definition) is 1. The second kappa shape index (κ2) is 5.63. The van der Waals surface area contributed by atoms with Crippen molar-refractivity contribution in [2.75, 3.05) is 0 Å². The highest BCUT2D eigenvalue weighted by Crippen LogP contribution is 2.16. The minimum atomic E-state index is 0.0393. The van der Waals surface area contributed by atoms with Crippen LogP contribution in [0.4, 0.5) is 0 Å². The van der Waals surface area contributed by atoms with Gasteiger partial charge in [-0.1, -0.05) is 25.7 Å². The first-order valence-corrected chi connectivity index (χ1v) is 5.96. The third-order valence-electron chi connectivity index (χ3n) is 2.99. The summed E-state index contributed by atoms with van der Waals surface area (Å²) in [6.45, 7) is 0.274. The predicted molar refractivity (Wildman–Crippen MR) is 59.7 cm³/mol. The first-order chi connectivity index (χ1) is 7.84. The lowest BCUT2D eigenvalue weighted by atomic mass is 10.1. The molecule has 0 aliphatic heterocycles. The molecule has 1 fully saturated rings. The summed E-state index contributed by atoms with van der Waals surface area (Å²) in [7, 11) is 0. The summed E-state index contributed by atoms with van der Waals surface area (Å²) < 4.78 is 1.55. The van der Waals surface area contributed by atoms with Crippen molar-refractivity contribution < 1.29 is 4.79 Å². The van der Waals surface area contributed by atoms with Gasteiger partial charge in [-0.15, -0.1) is 0 Å².